The van der Waals surface area contributed by atoms with Crippen LogP contribution in [0.2, 0.25) is 0 Å². The molecule has 6 nitrogen and oxygen atoms in total. The second-order valence-electron chi connectivity index (χ2n) is 15.3. The molecule has 6 heteroatoms. The standard InChI is InChI=1S/C52H28N4O2/c53-27-31-26-44(56-40-16-8-6-14-36(40)50-42(56)22-20-38-48-34-12-4-2-10-30(34)18-24-46(48)58-52(38)50)32(28-54)25-43(31)55-39-15-7-5-13-35(39)49-41(55)21-19-37-47-33-11-3-1-9-29(33)17-23-45(47)57-51(37)49/h1-26,37,51H. The fourth-order valence-electron chi connectivity index (χ4n) is 10.2. The molecule has 1 aliphatic heterocycles. The molecule has 3 aromatic heterocycles. The fraction of sp³-hybridized carbons (Fsp3) is 0.0385. The van der Waals surface area contributed by atoms with E-state index in [2.05, 4.69) is 143 Å². The van der Waals surface area contributed by atoms with Crippen LogP contribution in [0.15, 0.2) is 156 Å². The zero-order valence-electron chi connectivity index (χ0n) is 30.8. The minimum absolute atomic E-state index is 0.0348. The van der Waals surface area contributed by atoms with Crippen molar-refractivity contribution in [3.05, 3.63) is 180 Å². The highest BCUT2D eigenvalue weighted by Crippen LogP contribution is 2.55. The summed E-state index contributed by atoms with van der Waals surface area (Å²) in [6.07, 6.45) is 4.18. The van der Waals surface area contributed by atoms with Gasteiger partial charge in [0.05, 0.1) is 50.1 Å². The number of fused-ring (bicyclic) bond motifs is 18. The zero-order valence-corrected chi connectivity index (χ0v) is 30.8. The highest BCUT2D eigenvalue weighted by atomic mass is 16.5. The van der Waals surface area contributed by atoms with Crippen molar-refractivity contribution >= 4 is 82.3 Å². The molecule has 2 atom stereocenters. The number of aromatic nitrogens is 2. The number of nitrogens with zero attached hydrogens (tertiary/aromatic N) is 4. The third-order valence-electron chi connectivity index (χ3n) is 12.5. The van der Waals surface area contributed by atoms with Crippen LogP contribution in [0, 0.1) is 22.7 Å². The van der Waals surface area contributed by atoms with Crippen molar-refractivity contribution < 1.29 is 9.15 Å². The summed E-state index contributed by atoms with van der Waals surface area (Å²) in [5.74, 6) is 0.934. The van der Waals surface area contributed by atoms with Gasteiger partial charge in [0.25, 0.3) is 0 Å². The first kappa shape index (κ1) is 31.2. The number of para-hydroxylation sites is 2. The Labute approximate surface area is 330 Å². The molecule has 8 aromatic carbocycles. The first-order chi connectivity index (χ1) is 28.7. The maximum Gasteiger partial charge on any atom is 0.145 e. The van der Waals surface area contributed by atoms with Crippen molar-refractivity contribution in [1.29, 1.82) is 10.5 Å². The van der Waals surface area contributed by atoms with Gasteiger partial charge in [0.1, 0.15) is 35.2 Å². The molecule has 2 unspecified atom stereocenters. The van der Waals surface area contributed by atoms with Crippen LogP contribution >= 0.6 is 0 Å². The Bertz CT molecular complexity index is 3770. The van der Waals surface area contributed by atoms with Gasteiger partial charge in [0.15, 0.2) is 0 Å². The predicted molar refractivity (Wildman–Crippen MR) is 231 cm³/mol. The predicted octanol–water partition coefficient (Wildman–Crippen LogP) is 12.9. The zero-order chi connectivity index (χ0) is 38.2. The molecule has 58 heavy (non-hydrogen) atoms. The SMILES string of the molecule is N#Cc1cc(-n2c3ccccc3c3c4oc5ccc6ccccc6c5c4ccc32)c(C#N)cc1-n1c2c(c3ccccc31)C1Oc3ccc4ccccc4c3C1C=C2. The Morgan fingerprint density at radius 1 is 0.517 bits per heavy atom. The molecule has 2 aliphatic rings. The van der Waals surface area contributed by atoms with Gasteiger partial charge in [-0.25, -0.2) is 0 Å². The Morgan fingerprint density at radius 2 is 1.16 bits per heavy atom. The lowest BCUT2D eigenvalue weighted by molar-refractivity contribution is 0.225. The molecule has 0 saturated carbocycles. The first-order valence-electron chi connectivity index (χ1n) is 19.4. The lowest BCUT2D eigenvalue weighted by Crippen LogP contribution is -2.14. The molecule has 1 aliphatic carbocycles. The summed E-state index contributed by atoms with van der Waals surface area (Å²) in [6.45, 7) is 0. The van der Waals surface area contributed by atoms with E-state index in [-0.39, 0.29) is 12.0 Å². The molecule has 0 radical (unpaired) electrons. The third-order valence-corrected chi connectivity index (χ3v) is 12.5. The minimum Gasteiger partial charge on any atom is -0.484 e. The number of hydrogen-bond donors (Lipinski definition) is 0. The number of rotatable bonds is 2. The third kappa shape index (κ3) is 3.93. The Kier molecular flexibility index (Phi) is 6.05. The molecule has 13 rings (SSSR count). The number of nitriles is 2. The van der Waals surface area contributed by atoms with Crippen molar-refractivity contribution in [3.63, 3.8) is 0 Å². The van der Waals surface area contributed by atoms with Crippen LogP contribution in [0.5, 0.6) is 5.75 Å². The van der Waals surface area contributed by atoms with Crippen molar-refractivity contribution in [2.24, 2.45) is 0 Å². The number of furan rings is 1. The highest BCUT2D eigenvalue weighted by Gasteiger charge is 2.41. The molecule has 4 heterocycles. The van der Waals surface area contributed by atoms with E-state index in [0.717, 1.165) is 82.4 Å². The minimum atomic E-state index is -0.238. The molecule has 268 valence electrons. The van der Waals surface area contributed by atoms with Gasteiger partial charge in [-0.15, -0.1) is 0 Å². The van der Waals surface area contributed by atoms with Crippen molar-refractivity contribution in [2.75, 3.05) is 0 Å². The van der Waals surface area contributed by atoms with Gasteiger partial charge in [-0.1, -0.05) is 103 Å². The number of ether oxygens (including phenoxy) is 1. The van der Waals surface area contributed by atoms with Gasteiger partial charge in [-0.3, -0.25) is 0 Å². The van der Waals surface area contributed by atoms with Crippen LogP contribution in [0.4, 0.5) is 0 Å². The number of hydrogen-bond acceptors (Lipinski definition) is 4. The summed E-state index contributed by atoms with van der Waals surface area (Å²) in [5.41, 5.74) is 9.83. The lowest BCUT2D eigenvalue weighted by atomic mass is 9.84. The summed E-state index contributed by atoms with van der Waals surface area (Å²) in [7, 11) is 0. The summed E-state index contributed by atoms with van der Waals surface area (Å²) in [5, 5.41) is 31.8. The maximum absolute atomic E-state index is 11.0. The van der Waals surface area contributed by atoms with Gasteiger partial charge < -0.3 is 18.3 Å². The van der Waals surface area contributed by atoms with E-state index in [1.807, 2.05) is 36.4 Å². The second kappa shape index (κ2) is 11.3. The number of benzene rings is 8. The van der Waals surface area contributed by atoms with Crippen LogP contribution in [-0.2, 0) is 0 Å². The van der Waals surface area contributed by atoms with Crippen LogP contribution in [0.3, 0.4) is 0 Å². The molecule has 0 fully saturated rings. The summed E-state index contributed by atoms with van der Waals surface area (Å²) in [6, 6.07) is 54.8. The average molecular weight is 741 g/mol. The van der Waals surface area contributed by atoms with Crippen molar-refractivity contribution in [1.82, 2.24) is 9.13 Å². The molecular formula is C52H28N4O2. The van der Waals surface area contributed by atoms with Gasteiger partial charge in [-0.05, 0) is 76.2 Å². The van der Waals surface area contributed by atoms with E-state index >= 15 is 0 Å². The van der Waals surface area contributed by atoms with E-state index in [1.54, 1.807) is 0 Å². The van der Waals surface area contributed by atoms with E-state index in [4.69, 9.17) is 9.15 Å². The molecule has 0 saturated heterocycles. The van der Waals surface area contributed by atoms with Gasteiger partial charge in [0.2, 0.25) is 0 Å². The molecule has 0 bridgehead atoms. The summed E-state index contributed by atoms with van der Waals surface area (Å²) < 4.78 is 17.8. The highest BCUT2D eigenvalue weighted by molar-refractivity contribution is 6.27. The van der Waals surface area contributed by atoms with Crippen molar-refractivity contribution in [3.8, 4) is 29.3 Å². The molecule has 0 N–H and O–H groups in total. The topological polar surface area (TPSA) is 79.8 Å². The maximum atomic E-state index is 11.0. The van der Waals surface area contributed by atoms with Crippen LogP contribution < -0.4 is 4.74 Å². The van der Waals surface area contributed by atoms with E-state index < -0.39 is 0 Å². The smallest absolute Gasteiger partial charge is 0.145 e. The summed E-state index contributed by atoms with van der Waals surface area (Å²) in [4.78, 5) is 0. The molecular weight excluding hydrogens is 713 g/mol. The normalized spacial score (nSPS) is 15.6. The molecule has 0 spiro atoms. The Morgan fingerprint density at radius 3 is 1.93 bits per heavy atom. The van der Waals surface area contributed by atoms with Gasteiger partial charge in [0, 0.05) is 38.6 Å². The summed E-state index contributed by atoms with van der Waals surface area (Å²) >= 11 is 0. The first-order valence-corrected chi connectivity index (χ1v) is 19.4. The second-order valence-corrected chi connectivity index (χ2v) is 15.3. The monoisotopic (exact) mass is 740 g/mol. The Balaban J connectivity index is 1.04. The van der Waals surface area contributed by atoms with Crippen LogP contribution in [0.25, 0.3) is 93.6 Å². The van der Waals surface area contributed by atoms with E-state index in [1.165, 1.54) is 16.3 Å². The van der Waals surface area contributed by atoms with Crippen LogP contribution in [0.1, 0.15) is 40.0 Å². The quantitative estimate of drug-likeness (QED) is 0.177. The Hall–Kier alpha value is -8.06. The van der Waals surface area contributed by atoms with Crippen molar-refractivity contribution in [2.45, 2.75) is 12.0 Å². The molecule has 11 aromatic rings. The van der Waals surface area contributed by atoms with Crippen LogP contribution in [-0.4, -0.2) is 9.13 Å². The van der Waals surface area contributed by atoms with E-state index in [0.29, 0.717) is 22.5 Å². The lowest BCUT2D eigenvalue weighted by Gasteiger charge is -2.23. The van der Waals surface area contributed by atoms with Gasteiger partial charge in [-0.2, -0.15) is 10.5 Å². The van der Waals surface area contributed by atoms with E-state index in [9.17, 15) is 10.5 Å². The molecule has 0 amide bonds. The van der Waals surface area contributed by atoms with Gasteiger partial charge >= 0.3 is 0 Å². The average Bonchev–Trinajstić information content (AvgIpc) is 4.03. The largest absolute Gasteiger partial charge is 0.484 e. The fourth-order valence-corrected chi connectivity index (χ4v) is 10.2.